The van der Waals surface area contributed by atoms with Crippen molar-refractivity contribution in [3.05, 3.63) is 36.7 Å². The largest absolute Gasteiger partial charge is 0.491 e. The van der Waals surface area contributed by atoms with Crippen LogP contribution in [0.1, 0.15) is 66.2 Å². The second-order valence-electron chi connectivity index (χ2n) is 9.09. The van der Waals surface area contributed by atoms with Crippen LogP contribution in [-0.4, -0.2) is 41.7 Å². The van der Waals surface area contributed by atoms with Crippen LogP contribution in [0.4, 0.5) is 0 Å². The summed E-state index contributed by atoms with van der Waals surface area (Å²) in [5.74, 6) is 2.49. The van der Waals surface area contributed by atoms with Gasteiger partial charge in [0.2, 0.25) is 0 Å². The second-order valence-corrected chi connectivity index (χ2v) is 9.09. The fourth-order valence-corrected chi connectivity index (χ4v) is 3.62. The molecule has 32 heavy (non-hydrogen) atoms. The Morgan fingerprint density at radius 1 is 1.00 bits per heavy atom. The first kappa shape index (κ1) is 24.5. The van der Waals surface area contributed by atoms with Gasteiger partial charge in [-0.2, -0.15) is 0 Å². The first-order valence-electron chi connectivity index (χ1n) is 11.9. The molecule has 1 aromatic carbocycles. The molecular formula is C26H38N2O4. The molecule has 6 nitrogen and oxygen atoms in total. The van der Waals surface area contributed by atoms with E-state index in [-0.39, 0.29) is 6.10 Å². The first-order chi connectivity index (χ1) is 15.4. The van der Waals surface area contributed by atoms with E-state index in [0.29, 0.717) is 25.6 Å². The molecular weight excluding hydrogens is 404 g/mol. The Hall–Kier alpha value is -2.18. The Morgan fingerprint density at radius 2 is 1.72 bits per heavy atom. The highest BCUT2D eigenvalue weighted by atomic mass is 16.7. The number of unbranched alkanes of at least 4 members (excludes halogenated alkanes) is 3. The molecule has 2 unspecified atom stereocenters. The molecule has 0 bridgehead atoms. The molecule has 176 valence electrons. The Balaban J connectivity index is 1.36. The molecule has 0 amide bonds. The van der Waals surface area contributed by atoms with Crippen LogP contribution in [0.15, 0.2) is 36.7 Å². The highest BCUT2D eigenvalue weighted by Gasteiger charge is 2.32. The van der Waals surface area contributed by atoms with E-state index < -0.39 is 5.79 Å². The van der Waals surface area contributed by atoms with Gasteiger partial charge in [0.05, 0.1) is 25.6 Å². The molecule has 0 radical (unpaired) electrons. The maximum atomic E-state index is 5.82. The highest BCUT2D eigenvalue weighted by Crippen LogP contribution is 2.24. The minimum Gasteiger partial charge on any atom is -0.491 e. The molecule has 0 N–H and O–H groups in total. The Kier molecular flexibility index (Phi) is 9.30. The Bertz CT molecular complexity index is 792. The van der Waals surface area contributed by atoms with Crippen LogP contribution in [0.2, 0.25) is 0 Å². The van der Waals surface area contributed by atoms with Gasteiger partial charge < -0.3 is 18.9 Å². The molecule has 1 fully saturated rings. The molecule has 2 aromatic rings. The van der Waals surface area contributed by atoms with Gasteiger partial charge in [0.15, 0.2) is 17.4 Å². The third-order valence-electron chi connectivity index (χ3n) is 5.80. The minimum absolute atomic E-state index is 0.0506. The monoisotopic (exact) mass is 442 g/mol. The molecule has 0 aliphatic carbocycles. The average molecular weight is 443 g/mol. The molecule has 1 aliphatic heterocycles. The molecule has 1 saturated heterocycles. The van der Waals surface area contributed by atoms with Crippen LogP contribution in [0, 0.1) is 5.92 Å². The van der Waals surface area contributed by atoms with Gasteiger partial charge in [-0.15, -0.1) is 0 Å². The smallest absolute Gasteiger partial charge is 0.163 e. The van der Waals surface area contributed by atoms with E-state index in [1.165, 1.54) is 32.1 Å². The number of aromatic nitrogens is 2. The van der Waals surface area contributed by atoms with E-state index in [1.54, 1.807) is 12.4 Å². The Labute approximate surface area is 192 Å². The standard InChI is InChI=1S/C26H38N2O4/c1-5-20(2)10-8-6-7-9-15-29-23-16-27-25(28-17-23)21-11-13-22(14-12-21)30-18-24-19-31-26(3,4)32-24/h11-14,16-17,20,24H,5-10,15,18-19H2,1-4H3. The normalized spacial score (nSPS) is 18.4. The first-order valence-corrected chi connectivity index (χ1v) is 11.9. The van der Waals surface area contributed by atoms with Gasteiger partial charge in [-0.25, -0.2) is 9.97 Å². The Morgan fingerprint density at radius 3 is 2.38 bits per heavy atom. The summed E-state index contributed by atoms with van der Waals surface area (Å²) in [5.41, 5.74) is 0.937. The van der Waals surface area contributed by atoms with Crippen molar-refractivity contribution < 1.29 is 18.9 Å². The summed E-state index contributed by atoms with van der Waals surface area (Å²) in [6.07, 6.45) is 10.9. The second kappa shape index (κ2) is 12.2. The predicted octanol–water partition coefficient (Wildman–Crippen LogP) is 6.05. The summed E-state index contributed by atoms with van der Waals surface area (Å²) in [6, 6.07) is 7.76. The van der Waals surface area contributed by atoms with Crippen molar-refractivity contribution in [2.24, 2.45) is 5.92 Å². The third-order valence-corrected chi connectivity index (χ3v) is 5.80. The lowest BCUT2D eigenvalue weighted by atomic mass is 10.0. The number of hydrogen-bond acceptors (Lipinski definition) is 6. The maximum Gasteiger partial charge on any atom is 0.163 e. The quantitative estimate of drug-likeness (QED) is 0.352. The fourth-order valence-electron chi connectivity index (χ4n) is 3.62. The van der Waals surface area contributed by atoms with Crippen LogP contribution in [0.5, 0.6) is 11.5 Å². The van der Waals surface area contributed by atoms with Gasteiger partial charge in [0.1, 0.15) is 18.5 Å². The van der Waals surface area contributed by atoms with Crippen LogP contribution in [0.3, 0.4) is 0 Å². The summed E-state index contributed by atoms with van der Waals surface area (Å²) >= 11 is 0. The summed E-state index contributed by atoms with van der Waals surface area (Å²) in [6.45, 7) is 10.1. The lowest BCUT2D eigenvalue weighted by molar-refractivity contribution is -0.141. The van der Waals surface area contributed by atoms with Gasteiger partial charge in [0, 0.05) is 5.56 Å². The van der Waals surface area contributed by atoms with Crippen molar-refractivity contribution in [1.29, 1.82) is 0 Å². The number of ether oxygens (including phenoxy) is 4. The van der Waals surface area contributed by atoms with Gasteiger partial charge >= 0.3 is 0 Å². The van der Waals surface area contributed by atoms with Crippen molar-refractivity contribution in [2.45, 2.75) is 78.1 Å². The van der Waals surface area contributed by atoms with E-state index in [0.717, 1.165) is 29.4 Å². The zero-order valence-corrected chi connectivity index (χ0v) is 20.0. The van der Waals surface area contributed by atoms with Gasteiger partial charge in [-0.1, -0.05) is 46.0 Å². The zero-order valence-electron chi connectivity index (χ0n) is 20.0. The van der Waals surface area contributed by atoms with Gasteiger partial charge in [0.25, 0.3) is 0 Å². The van der Waals surface area contributed by atoms with Crippen LogP contribution in [0.25, 0.3) is 11.4 Å². The fraction of sp³-hybridized carbons (Fsp3) is 0.615. The average Bonchev–Trinajstić information content (AvgIpc) is 3.16. The topological polar surface area (TPSA) is 62.7 Å². The number of benzene rings is 1. The number of rotatable bonds is 13. The summed E-state index contributed by atoms with van der Waals surface area (Å²) < 4.78 is 22.9. The number of hydrogen-bond donors (Lipinski definition) is 0. The molecule has 3 rings (SSSR count). The summed E-state index contributed by atoms with van der Waals surface area (Å²) in [4.78, 5) is 8.89. The van der Waals surface area contributed by atoms with Crippen LogP contribution >= 0.6 is 0 Å². The summed E-state index contributed by atoms with van der Waals surface area (Å²) in [7, 11) is 0. The molecule has 0 spiro atoms. The minimum atomic E-state index is -0.530. The zero-order chi connectivity index (χ0) is 22.8. The van der Waals surface area contributed by atoms with Gasteiger partial charge in [-0.3, -0.25) is 0 Å². The lowest BCUT2D eigenvalue weighted by Gasteiger charge is -2.17. The van der Waals surface area contributed by atoms with E-state index in [4.69, 9.17) is 18.9 Å². The van der Waals surface area contributed by atoms with Crippen molar-refractivity contribution in [3.63, 3.8) is 0 Å². The van der Waals surface area contributed by atoms with Crippen molar-refractivity contribution in [1.82, 2.24) is 9.97 Å². The van der Waals surface area contributed by atoms with E-state index in [2.05, 4.69) is 23.8 Å². The number of nitrogens with zero attached hydrogens (tertiary/aromatic N) is 2. The van der Waals surface area contributed by atoms with Gasteiger partial charge in [-0.05, 0) is 50.5 Å². The van der Waals surface area contributed by atoms with Crippen molar-refractivity contribution in [3.8, 4) is 22.9 Å². The van der Waals surface area contributed by atoms with Crippen LogP contribution < -0.4 is 9.47 Å². The molecule has 6 heteroatoms. The SMILES string of the molecule is CCC(C)CCCCCCOc1cnc(-c2ccc(OCC3COC(C)(C)O3)cc2)nc1. The van der Waals surface area contributed by atoms with Crippen molar-refractivity contribution in [2.75, 3.05) is 19.8 Å². The third kappa shape index (κ3) is 8.06. The van der Waals surface area contributed by atoms with Crippen LogP contribution in [-0.2, 0) is 9.47 Å². The van der Waals surface area contributed by atoms with E-state index in [9.17, 15) is 0 Å². The molecule has 1 aromatic heterocycles. The van der Waals surface area contributed by atoms with E-state index in [1.807, 2.05) is 38.1 Å². The predicted molar refractivity (Wildman–Crippen MR) is 126 cm³/mol. The van der Waals surface area contributed by atoms with Crippen molar-refractivity contribution >= 4 is 0 Å². The van der Waals surface area contributed by atoms with E-state index >= 15 is 0 Å². The summed E-state index contributed by atoms with van der Waals surface area (Å²) in [5, 5.41) is 0. The molecule has 2 heterocycles. The molecule has 0 saturated carbocycles. The molecule has 1 aliphatic rings. The highest BCUT2D eigenvalue weighted by molar-refractivity contribution is 5.56. The maximum absolute atomic E-state index is 5.82. The lowest BCUT2D eigenvalue weighted by Crippen LogP contribution is -2.25. The molecule has 2 atom stereocenters.